The Morgan fingerprint density at radius 3 is 2.15 bits per heavy atom. The van der Waals surface area contributed by atoms with E-state index in [4.69, 9.17) is 5.11 Å². The maximum Gasteiger partial charge on any atom is 0.0541 e. The van der Waals surface area contributed by atoms with Crippen molar-refractivity contribution >= 4 is 0 Å². The number of aliphatic hydroxyl groups excluding tert-OH is 2. The Kier molecular flexibility index (Phi) is 9.94. The molecular weight excluding hydrogens is 164 g/mol. The van der Waals surface area contributed by atoms with Crippen molar-refractivity contribution in [2.75, 3.05) is 6.61 Å². The summed E-state index contributed by atoms with van der Waals surface area (Å²) < 4.78 is 0. The molecule has 0 aromatic heterocycles. The van der Waals surface area contributed by atoms with E-state index in [0.29, 0.717) is 0 Å². The molecule has 2 nitrogen and oxygen atoms in total. The Morgan fingerprint density at radius 1 is 0.923 bits per heavy atom. The predicted molar refractivity (Wildman–Crippen MR) is 55.7 cm³/mol. The van der Waals surface area contributed by atoms with Gasteiger partial charge in [0.25, 0.3) is 0 Å². The van der Waals surface area contributed by atoms with E-state index in [-0.39, 0.29) is 12.7 Å². The van der Waals surface area contributed by atoms with E-state index in [1.807, 2.05) is 0 Å². The molecule has 0 radical (unpaired) electrons. The zero-order valence-electron chi connectivity index (χ0n) is 8.84. The Hall–Kier alpha value is -0.0800. The standard InChI is InChI=1S/C11H24O2/c1-2-3-4-5-6-8-11(13)9-7-10-12/h11-13H,2-10H2,1H3/t11-/m0/s1. The molecule has 0 fully saturated rings. The van der Waals surface area contributed by atoms with Crippen molar-refractivity contribution in [1.82, 2.24) is 0 Å². The fourth-order valence-electron chi connectivity index (χ4n) is 1.45. The Labute approximate surface area is 82.0 Å². The highest BCUT2D eigenvalue weighted by Crippen LogP contribution is 2.09. The summed E-state index contributed by atoms with van der Waals surface area (Å²) in [5, 5.41) is 18.0. The summed E-state index contributed by atoms with van der Waals surface area (Å²) in [5.41, 5.74) is 0. The van der Waals surface area contributed by atoms with Crippen LogP contribution >= 0.6 is 0 Å². The third-order valence-electron chi connectivity index (χ3n) is 2.34. The van der Waals surface area contributed by atoms with Crippen LogP contribution in [0.3, 0.4) is 0 Å². The molecule has 0 aromatic rings. The quantitative estimate of drug-likeness (QED) is 0.546. The second-order valence-electron chi connectivity index (χ2n) is 3.72. The lowest BCUT2D eigenvalue weighted by atomic mass is 10.1. The van der Waals surface area contributed by atoms with Gasteiger partial charge in [-0.2, -0.15) is 0 Å². The summed E-state index contributed by atoms with van der Waals surface area (Å²) in [7, 11) is 0. The van der Waals surface area contributed by atoms with Crippen molar-refractivity contribution in [2.24, 2.45) is 0 Å². The van der Waals surface area contributed by atoms with Crippen LogP contribution in [-0.4, -0.2) is 22.9 Å². The maximum absolute atomic E-state index is 9.43. The summed E-state index contributed by atoms with van der Waals surface area (Å²) >= 11 is 0. The Balaban J connectivity index is 3.03. The summed E-state index contributed by atoms with van der Waals surface area (Å²) in [6.45, 7) is 2.41. The van der Waals surface area contributed by atoms with Gasteiger partial charge in [0.2, 0.25) is 0 Å². The van der Waals surface area contributed by atoms with Crippen LogP contribution in [0.4, 0.5) is 0 Å². The molecule has 0 aromatic carbocycles. The first-order chi connectivity index (χ1) is 6.31. The molecule has 0 aliphatic carbocycles. The molecule has 2 heteroatoms. The lowest BCUT2D eigenvalue weighted by Crippen LogP contribution is -2.06. The third-order valence-corrected chi connectivity index (χ3v) is 2.34. The van der Waals surface area contributed by atoms with E-state index >= 15 is 0 Å². The molecule has 0 rings (SSSR count). The first-order valence-electron chi connectivity index (χ1n) is 5.60. The molecular formula is C11H24O2. The Bertz CT molecular complexity index is 94.1. The minimum atomic E-state index is -0.186. The number of unbranched alkanes of at least 4 members (excludes halogenated alkanes) is 4. The van der Waals surface area contributed by atoms with Crippen molar-refractivity contribution in [3.63, 3.8) is 0 Å². The van der Waals surface area contributed by atoms with Crippen LogP contribution in [0.1, 0.15) is 58.3 Å². The first-order valence-corrected chi connectivity index (χ1v) is 5.60. The highest BCUT2D eigenvalue weighted by Gasteiger charge is 2.02. The van der Waals surface area contributed by atoms with Crippen LogP contribution in [0.2, 0.25) is 0 Å². The monoisotopic (exact) mass is 188 g/mol. The van der Waals surface area contributed by atoms with Crippen LogP contribution in [0.25, 0.3) is 0 Å². The Morgan fingerprint density at radius 2 is 1.54 bits per heavy atom. The average Bonchev–Trinajstić information content (AvgIpc) is 2.14. The maximum atomic E-state index is 9.43. The van der Waals surface area contributed by atoms with Crippen molar-refractivity contribution in [3.05, 3.63) is 0 Å². The SMILES string of the molecule is CCCCCCC[C@H](O)CCCO. The molecule has 0 saturated carbocycles. The van der Waals surface area contributed by atoms with Crippen molar-refractivity contribution < 1.29 is 10.2 Å². The number of aliphatic hydroxyl groups is 2. The van der Waals surface area contributed by atoms with Crippen LogP contribution < -0.4 is 0 Å². The molecule has 0 bridgehead atoms. The fraction of sp³-hybridized carbons (Fsp3) is 1.00. The number of hydrogen-bond acceptors (Lipinski definition) is 2. The molecule has 0 spiro atoms. The molecule has 1 atom stereocenters. The molecule has 0 unspecified atom stereocenters. The predicted octanol–water partition coefficient (Wildman–Crippen LogP) is 2.48. The van der Waals surface area contributed by atoms with E-state index in [0.717, 1.165) is 25.7 Å². The van der Waals surface area contributed by atoms with Gasteiger partial charge < -0.3 is 10.2 Å². The molecule has 13 heavy (non-hydrogen) atoms. The van der Waals surface area contributed by atoms with Gasteiger partial charge in [-0.15, -0.1) is 0 Å². The van der Waals surface area contributed by atoms with E-state index in [9.17, 15) is 5.11 Å². The van der Waals surface area contributed by atoms with E-state index in [2.05, 4.69) is 6.92 Å². The zero-order valence-corrected chi connectivity index (χ0v) is 8.84. The molecule has 0 amide bonds. The fourth-order valence-corrected chi connectivity index (χ4v) is 1.45. The number of hydrogen-bond donors (Lipinski definition) is 2. The van der Waals surface area contributed by atoms with Gasteiger partial charge in [-0.05, 0) is 19.3 Å². The largest absolute Gasteiger partial charge is 0.396 e. The summed E-state index contributed by atoms with van der Waals surface area (Å²) in [6, 6.07) is 0. The average molecular weight is 188 g/mol. The normalized spacial score (nSPS) is 13.2. The van der Waals surface area contributed by atoms with Gasteiger partial charge in [0, 0.05) is 6.61 Å². The third kappa shape index (κ3) is 9.84. The van der Waals surface area contributed by atoms with E-state index in [1.165, 1.54) is 25.7 Å². The molecule has 0 saturated heterocycles. The highest BCUT2D eigenvalue weighted by atomic mass is 16.3. The van der Waals surface area contributed by atoms with Gasteiger partial charge in [0.15, 0.2) is 0 Å². The smallest absolute Gasteiger partial charge is 0.0541 e. The number of rotatable bonds is 9. The van der Waals surface area contributed by atoms with Gasteiger partial charge in [-0.1, -0.05) is 39.0 Å². The van der Waals surface area contributed by atoms with Crippen molar-refractivity contribution in [1.29, 1.82) is 0 Å². The zero-order chi connectivity index (χ0) is 9.94. The second kappa shape index (κ2) is 10.0. The first kappa shape index (κ1) is 12.9. The van der Waals surface area contributed by atoms with Crippen LogP contribution in [0, 0.1) is 0 Å². The lowest BCUT2D eigenvalue weighted by molar-refractivity contribution is 0.138. The van der Waals surface area contributed by atoms with Gasteiger partial charge >= 0.3 is 0 Å². The van der Waals surface area contributed by atoms with Gasteiger partial charge in [0.05, 0.1) is 6.10 Å². The molecule has 0 aliphatic rings. The summed E-state index contributed by atoms with van der Waals surface area (Å²) in [6.07, 6.45) is 8.46. The minimum absolute atomic E-state index is 0.186. The topological polar surface area (TPSA) is 40.5 Å². The van der Waals surface area contributed by atoms with Crippen molar-refractivity contribution in [3.8, 4) is 0 Å². The summed E-state index contributed by atoms with van der Waals surface area (Å²) in [5.74, 6) is 0. The second-order valence-corrected chi connectivity index (χ2v) is 3.72. The minimum Gasteiger partial charge on any atom is -0.396 e. The molecule has 0 aliphatic heterocycles. The molecule has 2 N–H and O–H groups in total. The lowest BCUT2D eigenvalue weighted by Gasteiger charge is -2.08. The van der Waals surface area contributed by atoms with Gasteiger partial charge in [-0.25, -0.2) is 0 Å². The highest BCUT2D eigenvalue weighted by molar-refractivity contribution is 4.55. The van der Waals surface area contributed by atoms with Crippen LogP contribution in [-0.2, 0) is 0 Å². The van der Waals surface area contributed by atoms with Crippen LogP contribution in [0.5, 0.6) is 0 Å². The van der Waals surface area contributed by atoms with Gasteiger partial charge in [-0.3, -0.25) is 0 Å². The summed E-state index contributed by atoms with van der Waals surface area (Å²) in [4.78, 5) is 0. The molecule has 0 heterocycles. The molecule has 80 valence electrons. The van der Waals surface area contributed by atoms with Crippen molar-refractivity contribution in [2.45, 2.75) is 64.4 Å². The van der Waals surface area contributed by atoms with E-state index < -0.39 is 0 Å². The van der Waals surface area contributed by atoms with Crippen LogP contribution in [0.15, 0.2) is 0 Å². The van der Waals surface area contributed by atoms with E-state index in [1.54, 1.807) is 0 Å². The van der Waals surface area contributed by atoms with Gasteiger partial charge in [0.1, 0.15) is 0 Å².